The van der Waals surface area contributed by atoms with Crippen LogP contribution >= 0.6 is 0 Å². The third kappa shape index (κ3) is 3.32. The van der Waals surface area contributed by atoms with Crippen molar-refractivity contribution in [2.75, 3.05) is 7.11 Å². The maximum absolute atomic E-state index is 10.6. The van der Waals surface area contributed by atoms with E-state index in [2.05, 4.69) is 4.74 Å². The van der Waals surface area contributed by atoms with Crippen LogP contribution in [0.5, 0.6) is 0 Å². The van der Waals surface area contributed by atoms with Crippen molar-refractivity contribution in [2.45, 2.75) is 32.2 Å². The van der Waals surface area contributed by atoms with Crippen LogP contribution in [0, 0.1) is 10.1 Å². The number of nitro groups is 1. The minimum absolute atomic E-state index is 0.0878. The molecule has 0 N–H and O–H groups in total. The lowest BCUT2D eigenvalue weighted by Crippen LogP contribution is -2.31. The van der Waals surface area contributed by atoms with Crippen molar-refractivity contribution in [3.8, 4) is 0 Å². The molecule has 0 amide bonds. The lowest BCUT2D eigenvalue weighted by molar-refractivity contribution is -0.561. The van der Waals surface area contributed by atoms with Crippen LogP contribution in [-0.2, 0) is 9.53 Å². The van der Waals surface area contributed by atoms with Crippen LogP contribution in [0.4, 0.5) is 0 Å². The second-order valence-corrected chi connectivity index (χ2v) is 3.15. The van der Waals surface area contributed by atoms with E-state index in [1.54, 1.807) is 0 Å². The first-order valence-electron chi connectivity index (χ1n) is 3.61. The van der Waals surface area contributed by atoms with Crippen molar-refractivity contribution in [3.05, 3.63) is 10.1 Å². The molecule has 0 saturated heterocycles. The molecule has 0 heterocycles. The second kappa shape index (κ2) is 4.04. The SMILES string of the molecule is CO[14C](=O)CCC(C)(C)[N+](=O)[O-]. The van der Waals surface area contributed by atoms with Crippen LogP contribution in [0.25, 0.3) is 0 Å². The molecule has 0 saturated carbocycles. The van der Waals surface area contributed by atoms with Gasteiger partial charge in [0.15, 0.2) is 0 Å². The van der Waals surface area contributed by atoms with Crippen molar-refractivity contribution in [3.63, 3.8) is 0 Å². The Labute approximate surface area is 70.9 Å². The number of hydrogen-bond donors (Lipinski definition) is 0. The van der Waals surface area contributed by atoms with Crippen molar-refractivity contribution in [1.29, 1.82) is 0 Å². The molecule has 5 heteroatoms. The van der Waals surface area contributed by atoms with E-state index in [0.717, 1.165) is 0 Å². The van der Waals surface area contributed by atoms with Crippen LogP contribution in [0.1, 0.15) is 26.7 Å². The molecule has 0 spiro atoms. The molecule has 12 heavy (non-hydrogen) atoms. The molecule has 0 aromatic carbocycles. The topological polar surface area (TPSA) is 69.4 Å². The van der Waals surface area contributed by atoms with Crippen LogP contribution in [0.2, 0.25) is 0 Å². The molecule has 5 nitrogen and oxygen atoms in total. The van der Waals surface area contributed by atoms with Gasteiger partial charge in [-0.15, -0.1) is 0 Å². The molecule has 0 radical (unpaired) electrons. The third-order valence-electron chi connectivity index (χ3n) is 1.66. The predicted molar refractivity (Wildman–Crippen MR) is 42.3 cm³/mol. The second-order valence-electron chi connectivity index (χ2n) is 3.15. The quantitative estimate of drug-likeness (QED) is 0.365. The van der Waals surface area contributed by atoms with Gasteiger partial charge in [0.1, 0.15) is 0 Å². The highest BCUT2D eigenvalue weighted by Gasteiger charge is 2.30. The summed E-state index contributed by atoms with van der Waals surface area (Å²) in [4.78, 5) is 20.6. The number of methoxy groups -OCH3 is 1. The van der Waals surface area contributed by atoms with E-state index in [1.807, 2.05) is 0 Å². The molecular formula is C7H13NO4. The zero-order valence-corrected chi connectivity index (χ0v) is 7.49. The summed E-state index contributed by atoms with van der Waals surface area (Å²) in [5, 5.41) is 10.4. The summed E-state index contributed by atoms with van der Waals surface area (Å²) >= 11 is 0. The summed E-state index contributed by atoms with van der Waals surface area (Å²) in [6.45, 7) is 2.96. The van der Waals surface area contributed by atoms with Gasteiger partial charge >= 0.3 is 5.97 Å². The van der Waals surface area contributed by atoms with E-state index in [4.69, 9.17) is 0 Å². The fourth-order valence-electron chi connectivity index (χ4n) is 0.601. The molecule has 70 valence electrons. The predicted octanol–water partition coefficient (Wildman–Crippen LogP) is 0.995. The molecule has 0 aromatic heterocycles. The average Bonchev–Trinajstić information content (AvgIpc) is 2.00. The van der Waals surface area contributed by atoms with Gasteiger partial charge in [-0.05, 0) is 0 Å². The molecule has 0 aliphatic rings. The Hall–Kier alpha value is -1.13. The smallest absolute Gasteiger partial charge is 0.305 e. The van der Waals surface area contributed by atoms with Gasteiger partial charge in [0, 0.05) is 25.2 Å². The van der Waals surface area contributed by atoms with E-state index < -0.39 is 16.4 Å². The average molecular weight is 177 g/mol. The van der Waals surface area contributed by atoms with Gasteiger partial charge in [-0.2, -0.15) is 0 Å². The number of hydrogen-bond acceptors (Lipinski definition) is 4. The summed E-state index contributed by atoms with van der Waals surface area (Å²) in [6, 6.07) is 0. The first-order valence-corrected chi connectivity index (χ1v) is 3.61. The van der Waals surface area contributed by atoms with Crippen LogP contribution < -0.4 is 0 Å². The molecular weight excluding hydrogens is 164 g/mol. The normalized spacial score (nSPS) is 10.9. The highest BCUT2D eigenvalue weighted by Crippen LogP contribution is 2.15. The maximum atomic E-state index is 10.6. The van der Waals surface area contributed by atoms with Crippen LogP contribution in [-0.4, -0.2) is 23.5 Å². The van der Waals surface area contributed by atoms with E-state index in [-0.39, 0.29) is 12.8 Å². The van der Waals surface area contributed by atoms with Gasteiger partial charge < -0.3 is 4.74 Å². The first kappa shape index (κ1) is 10.9. The van der Waals surface area contributed by atoms with Crippen molar-refractivity contribution in [2.24, 2.45) is 0 Å². The summed E-state index contributed by atoms with van der Waals surface area (Å²) in [5.74, 6) is -0.412. The molecule has 0 aliphatic heterocycles. The minimum Gasteiger partial charge on any atom is -0.469 e. The fourth-order valence-corrected chi connectivity index (χ4v) is 0.601. The van der Waals surface area contributed by atoms with E-state index >= 15 is 0 Å². The summed E-state index contributed by atoms with van der Waals surface area (Å²) < 4.78 is 4.36. The Bertz CT molecular complexity index is 188. The zero-order chi connectivity index (χ0) is 9.78. The highest BCUT2D eigenvalue weighted by atomic mass is 16.8. The van der Waals surface area contributed by atoms with E-state index in [1.165, 1.54) is 21.0 Å². The number of nitrogens with zero attached hydrogens (tertiary/aromatic N) is 1. The van der Waals surface area contributed by atoms with Gasteiger partial charge in [-0.1, -0.05) is 0 Å². The number of carbonyl (C=O) groups excluding carboxylic acids is 1. The van der Waals surface area contributed by atoms with Crippen molar-refractivity contribution < 1.29 is 14.5 Å². The number of carbonyl (C=O) groups is 1. The Balaban J connectivity index is 3.92. The highest BCUT2D eigenvalue weighted by molar-refractivity contribution is 5.69. The molecule has 0 aliphatic carbocycles. The van der Waals surface area contributed by atoms with Crippen LogP contribution in [0.3, 0.4) is 0 Å². The van der Waals surface area contributed by atoms with E-state index in [9.17, 15) is 14.9 Å². The number of ether oxygens (including phenoxy) is 1. The van der Waals surface area contributed by atoms with E-state index in [0.29, 0.717) is 0 Å². The standard InChI is InChI=1S/C7H13NO4/c1-7(2,8(10)11)5-4-6(9)12-3/h4-5H2,1-3H3/i6+2. The molecule has 0 atom stereocenters. The van der Waals surface area contributed by atoms with Gasteiger partial charge in [-0.25, -0.2) is 0 Å². The Morgan fingerprint density at radius 3 is 2.42 bits per heavy atom. The minimum atomic E-state index is -1.05. The zero-order valence-electron chi connectivity index (χ0n) is 7.49. The van der Waals surface area contributed by atoms with Gasteiger partial charge in [-0.3, -0.25) is 14.9 Å². The molecule has 0 bridgehead atoms. The van der Waals surface area contributed by atoms with Gasteiger partial charge in [0.25, 0.3) is 0 Å². The molecule has 0 unspecified atom stereocenters. The fraction of sp³-hybridized carbons (Fsp3) is 0.857. The van der Waals surface area contributed by atoms with Crippen molar-refractivity contribution >= 4 is 5.97 Å². The van der Waals surface area contributed by atoms with Crippen LogP contribution in [0.15, 0.2) is 0 Å². The molecule has 0 aromatic rings. The van der Waals surface area contributed by atoms with Gasteiger partial charge in [0.05, 0.1) is 13.5 Å². The lowest BCUT2D eigenvalue weighted by atomic mass is 10.0. The summed E-state index contributed by atoms with van der Waals surface area (Å²) in [6.07, 6.45) is 0.289. The molecule has 0 fully saturated rings. The van der Waals surface area contributed by atoms with Gasteiger partial charge in [0.2, 0.25) is 5.54 Å². The van der Waals surface area contributed by atoms with Crippen molar-refractivity contribution in [1.82, 2.24) is 0 Å². The largest absolute Gasteiger partial charge is 0.469 e. The monoisotopic (exact) mass is 177 g/mol. The molecule has 0 rings (SSSR count). The third-order valence-corrected chi connectivity index (χ3v) is 1.66. The Morgan fingerprint density at radius 2 is 2.08 bits per heavy atom. The Morgan fingerprint density at radius 1 is 1.58 bits per heavy atom. The Kier molecular flexibility index (Phi) is 3.66. The maximum Gasteiger partial charge on any atom is 0.305 e. The summed E-state index contributed by atoms with van der Waals surface area (Å²) in [5.41, 5.74) is -1.05. The number of esters is 1. The first-order chi connectivity index (χ1) is 5.40. The number of rotatable bonds is 4. The lowest BCUT2D eigenvalue weighted by Gasteiger charge is -2.13. The summed E-state index contributed by atoms with van der Waals surface area (Å²) in [7, 11) is 1.27.